The van der Waals surface area contributed by atoms with Gasteiger partial charge < -0.3 is 5.11 Å². The third-order valence-electron chi connectivity index (χ3n) is 2.19. The van der Waals surface area contributed by atoms with Gasteiger partial charge in [0, 0.05) is 23.1 Å². The van der Waals surface area contributed by atoms with Crippen LogP contribution in [0.2, 0.25) is 10.0 Å². The van der Waals surface area contributed by atoms with Crippen LogP contribution in [0.25, 0.3) is 0 Å². The SMILES string of the molecule is CCN(CCO)Cc1cc(Cl)cc(Cl)c1. The Labute approximate surface area is 100 Å². The summed E-state index contributed by atoms with van der Waals surface area (Å²) in [6.07, 6.45) is 0. The van der Waals surface area contributed by atoms with E-state index in [4.69, 9.17) is 28.3 Å². The van der Waals surface area contributed by atoms with Crippen molar-refractivity contribution in [3.63, 3.8) is 0 Å². The molecule has 0 saturated heterocycles. The zero-order chi connectivity index (χ0) is 11.3. The van der Waals surface area contributed by atoms with Gasteiger partial charge in [0.1, 0.15) is 0 Å². The van der Waals surface area contributed by atoms with E-state index >= 15 is 0 Å². The molecule has 0 atom stereocenters. The second kappa shape index (κ2) is 6.33. The molecule has 1 aromatic carbocycles. The van der Waals surface area contributed by atoms with Crippen LogP contribution in [0.3, 0.4) is 0 Å². The van der Waals surface area contributed by atoms with Gasteiger partial charge in [0.25, 0.3) is 0 Å². The molecule has 1 rings (SSSR count). The Morgan fingerprint density at radius 2 is 1.80 bits per heavy atom. The van der Waals surface area contributed by atoms with Crippen molar-refractivity contribution in [1.82, 2.24) is 4.90 Å². The lowest BCUT2D eigenvalue weighted by molar-refractivity contribution is 0.197. The minimum atomic E-state index is 0.169. The second-order valence-corrected chi connectivity index (χ2v) is 4.24. The molecule has 0 spiro atoms. The van der Waals surface area contributed by atoms with E-state index in [1.54, 1.807) is 6.07 Å². The van der Waals surface area contributed by atoms with Crippen molar-refractivity contribution >= 4 is 23.2 Å². The van der Waals surface area contributed by atoms with E-state index < -0.39 is 0 Å². The van der Waals surface area contributed by atoms with Gasteiger partial charge in [0.2, 0.25) is 0 Å². The fourth-order valence-corrected chi connectivity index (χ4v) is 2.02. The molecule has 0 amide bonds. The van der Waals surface area contributed by atoms with E-state index in [1.807, 2.05) is 12.1 Å². The van der Waals surface area contributed by atoms with Gasteiger partial charge in [0.05, 0.1) is 6.61 Å². The molecule has 0 fully saturated rings. The minimum Gasteiger partial charge on any atom is -0.395 e. The predicted octanol–water partition coefficient (Wildman–Crippen LogP) is 2.81. The van der Waals surface area contributed by atoms with E-state index in [0.717, 1.165) is 18.7 Å². The minimum absolute atomic E-state index is 0.169. The molecular formula is C11H15Cl2NO. The molecule has 0 unspecified atom stereocenters. The van der Waals surface area contributed by atoms with Crippen molar-refractivity contribution in [1.29, 1.82) is 0 Å². The van der Waals surface area contributed by atoms with Crippen LogP contribution in [-0.2, 0) is 6.54 Å². The van der Waals surface area contributed by atoms with Gasteiger partial charge in [-0.2, -0.15) is 0 Å². The largest absolute Gasteiger partial charge is 0.395 e. The molecule has 0 aliphatic rings. The van der Waals surface area contributed by atoms with Crippen LogP contribution in [0.1, 0.15) is 12.5 Å². The second-order valence-electron chi connectivity index (χ2n) is 3.37. The maximum atomic E-state index is 8.86. The molecule has 0 bridgehead atoms. The number of hydrogen-bond acceptors (Lipinski definition) is 2. The molecule has 0 aromatic heterocycles. The fraction of sp³-hybridized carbons (Fsp3) is 0.455. The summed E-state index contributed by atoms with van der Waals surface area (Å²) in [5.41, 5.74) is 1.07. The Morgan fingerprint density at radius 1 is 1.20 bits per heavy atom. The van der Waals surface area contributed by atoms with Crippen molar-refractivity contribution in [3.05, 3.63) is 33.8 Å². The number of benzene rings is 1. The zero-order valence-electron chi connectivity index (χ0n) is 8.71. The normalized spacial score (nSPS) is 11.0. The standard InChI is InChI=1S/C11H15Cl2NO/c1-2-14(3-4-15)8-9-5-10(12)7-11(13)6-9/h5-7,15H,2-4,8H2,1H3. The highest BCUT2D eigenvalue weighted by Gasteiger charge is 2.04. The highest BCUT2D eigenvalue weighted by Crippen LogP contribution is 2.19. The van der Waals surface area contributed by atoms with Crippen molar-refractivity contribution in [2.24, 2.45) is 0 Å². The Hall–Kier alpha value is -0.280. The Balaban J connectivity index is 2.69. The molecule has 1 N–H and O–H groups in total. The number of hydrogen-bond donors (Lipinski definition) is 1. The molecule has 2 nitrogen and oxygen atoms in total. The summed E-state index contributed by atoms with van der Waals surface area (Å²) in [4.78, 5) is 2.13. The van der Waals surface area contributed by atoms with E-state index in [2.05, 4.69) is 11.8 Å². The van der Waals surface area contributed by atoms with Crippen LogP contribution < -0.4 is 0 Å². The first-order valence-electron chi connectivity index (χ1n) is 4.94. The summed E-state index contributed by atoms with van der Waals surface area (Å²) in [6.45, 7) is 4.55. The van der Waals surface area contributed by atoms with E-state index in [9.17, 15) is 0 Å². The smallest absolute Gasteiger partial charge is 0.0558 e. The molecule has 0 aliphatic carbocycles. The molecule has 15 heavy (non-hydrogen) atoms. The lowest BCUT2D eigenvalue weighted by Crippen LogP contribution is -2.26. The first kappa shape index (κ1) is 12.8. The number of halogens is 2. The van der Waals surface area contributed by atoms with Crippen molar-refractivity contribution in [2.75, 3.05) is 19.7 Å². The number of nitrogens with zero attached hydrogens (tertiary/aromatic N) is 1. The summed E-state index contributed by atoms with van der Waals surface area (Å²) >= 11 is 11.8. The lowest BCUT2D eigenvalue weighted by atomic mass is 10.2. The third kappa shape index (κ3) is 4.39. The van der Waals surface area contributed by atoms with Gasteiger partial charge >= 0.3 is 0 Å². The molecule has 0 aliphatic heterocycles. The van der Waals surface area contributed by atoms with E-state index in [1.165, 1.54) is 0 Å². The zero-order valence-corrected chi connectivity index (χ0v) is 10.2. The third-order valence-corrected chi connectivity index (χ3v) is 2.63. The quantitative estimate of drug-likeness (QED) is 0.866. The first-order chi connectivity index (χ1) is 7.15. The van der Waals surface area contributed by atoms with Crippen molar-refractivity contribution < 1.29 is 5.11 Å². The monoisotopic (exact) mass is 247 g/mol. The fourth-order valence-electron chi connectivity index (χ4n) is 1.45. The molecule has 84 valence electrons. The number of rotatable bonds is 5. The summed E-state index contributed by atoms with van der Waals surface area (Å²) in [7, 11) is 0. The van der Waals surface area contributed by atoms with Gasteiger partial charge in [-0.1, -0.05) is 30.1 Å². The molecular weight excluding hydrogens is 233 g/mol. The van der Waals surface area contributed by atoms with Crippen LogP contribution in [0.5, 0.6) is 0 Å². The van der Waals surface area contributed by atoms with Gasteiger partial charge in [-0.25, -0.2) is 0 Å². The molecule has 1 aromatic rings. The predicted molar refractivity (Wildman–Crippen MR) is 64.5 cm³/mol. The number of likely N-dealkylation sites (N-methyl/N-ethyl adjacent to an activating group) is 1. The van der Waals surface area contributed by atoms with Crippen molar-refractivity contribution in [2.45, 2.75) is 13.5 Å². The molecule has 0 heterocycles. The highest BCUT2D eigenvalue weighted by atomic mass is 35.5. The van der Waals surface area contributed by atoms with Crippen LogP contribution in [0, 0.1) is 0 Å². The Kier molecular flexibility index (Phi) is 5.40. The van der Waals surface area contributed by atoms with Gasteiger partial charge in [-0.3, -0.25) is 4.90 Å². The van der Waals surface area contributed by atoms with Gasteiger partial charge in [-0.05, 0) is 30.3 Å². The average molecular weight is 248 g/mol. The Morgan fingerprint density at radius 3 is 2.27 bits per heavy atom. The number of aliphatic hydroxyl groups is 1. The average Bonchev–Trinajstić information content (AvgIpc) is 2.15. The molecule has 4 heteroatoms. The van der Waals surface area contributed by atoms with Crippen LogP contribution in [-0.4, -0.2) is 29.7 Å². The lowest BCUT2D eigenvalue weighted by Gasteiger charge is -2.19. The van der Waals surface area contributed by atoms with Crippen LogP contribution >= 0.6 is 23.2 Å². The van der Waals surface area contributed by atoms with Gasteiger partial charge in [-0.15, -0.1) is 0 Å². The maximum Gasteiger partial charge on any atom is 0.0558 e. The maximum absolute atomic E-state index is 8.86. The summed E-state index contributed by atoms with van der Waals surface area (Å²) < 4.78 is 0. The van der Waals surface area contributed by atoms with E-state index in [-0.39, 0.29) is 6.61 Å². The van der Waals surface area contributed by atoms with Crippen molar-refractivity contribution in [3.8, 4) is 0 Å². The highest BCUT2D eigenvalue weighted by molar-refractivity contribution is 6.34. The summed E-state index contributed by atoms with van der Waals surface area (Å²) in [5, 5.41) is 10.2. The van der Waals surface area contributed by atoms with Crippen LogP contribution in [0.4, 0.5) is 0 Å². The van der Waals surface area contributed by atoms with Crippen LogP contribution in [0.15, 0.2) is 18.2 Å². The number of aliphatic hydroxyl groups excluding tert-OH is 1. The van der Waals surface area contributed by atoms with Gasteiger partial charge in [0.15, 0.2) is 0 Å². The first-order valence-corrected chi connectivity index (χ1v) is 5.69. The topological polar surface area (TPSA) is 23.5 Å². The Bertz CT molecular complexity index is 297. The molecule has 0 radical (unpaired) electrons. The summed E-state index contributed by atoms with van der Waals surface area (Å²) in [5.74, 6) is 0. The summed E-state index contributed by atoms with van der Waals surface area (Å²) in [6, 6.07) is 5.51. The van der Waals surface area contributed by atoms with E-state index in [0.29, 0.717) is 16.6 Å². The molecule has 0 saturated carbocycles.